The van der Waals surface area contributed by atoms with Gasteiger partial charge in [-0.3, -0.25) is 18.1 Å². The predicted octanol–water partition coefficient (Wildman–Crippen LogP) is 6.89. The molecule has 0 heterocycles. The Balaban J connectivity index is -0.000000126. The zero-order chi connectivity index (χ0) is 29.4. The van der Waals surface area contributed by atoms with Crippen LogP contribution in [0.2, 0.25) is 0 Å². The van der Waals surface area contributed by atoms with E-state index in [1.54, 1.807) is 0 Å². The van der Waals surface area contributed by atoms with Gasteiger partial charge in [0.1, 0.15) is 0 Å². The third kappa shape index (κ3) is 20.8. The Morgan fingerprint density at radius 1 is 0.824 bits per heavy atom. The van der Waals surface area contributed by atoms with Crippen molar-refractivity contribution >= 4 is 10.1 Å². The van der Waals surface area contributed by atoms with Crippen LogP contribution in [0.3, 0.4) is 0 Å². The van der Waals surface area contributed by atoms with E-state index in [9.17, 15) is 74.3 Å². The summed E-state index contributed by atoms with van der Waals surface area (Å²) in [5.41, 5.74) is 0. The van der Waals surface area contributed by atoms with Gasteiger partial charge in [-0.2, -0.15) is 43.5 Å². The summed E-state index contributed by atoms with van der Waals surface area (Å²) >= 11 is 0. The Labute approximate surface area is 179 Å². The monoisotopic (exact) mass is 582 g/mol. The highest BCUT2D eigenvalue weighted by atomic mass is 32.2. The fourth-order valence-corrected chi connectivity index (χ4v) is 1.18. The van der Waals surface area contributed by atoms with Crippen LogP contribution < -0.4 is 0 Å². The molecular weight excluding hydrogens is 567 g/mol. The third-order valence-corrected chi connectivity index (χ3v) is 2.30. The van der Waals surface area contributed by atoms with Crippen LogP contribution in [0.25, 0.3) is 0 Å². The molecule has 0 aromatic heterocycles. The number of hydrogen-bond acceptors (Lipinski definition) is 4. The lowest BCUT2D eigenvalue weighted by Crippen LogP contribution is -2.58. The van der Waals surface area contributed by atoms with E-state index in [4.69, 9.17) is 13.7 Å². The number of ether oxygens (including phenoxy) is 2. The predicted molar refractivity (Wildman–Crippen MR) is 78.8 cm³/mol. The van der Waals surface area contributed by atoms with Crippen molar-refractivity contribution in [2.75, 3.05) is 34.6 Å². The van der Waals surface area contributed by atoms with Crippen molar-refractivity contribution in [3.63, 3.8) is 0 Å². The summed E-state index contributed by atoms with van der Waals surface area (Å²) in [6.45, 7) is -5.00. The molecule has 1 unspecified atom stereocenters. The van der Waals surface area contributed by atoms with Crippen LogP contribution in [0.5, 0.6) is 0 Å². The van der Waals surface area contributed by atoms with Crippen LogP contribution in [0.15, 0.2) is 11.2 Å². The van der Waals surface area contributed by atoms with E-state index in [0.29, 0.717) is 7.18 Å². The molecule has 5 nitrogen and oxygen atoms in total. The van der Waals surface area contributed by atoms with Crippen LogP contribution in [0.1, 0.15) is 6.92 Å². The lowest BCUT2D eigenvalue weighted by Gasteiger charge is -2.32. The number of alkyl halides is 13. The van der Waals surface area contributed by atoms with Gasteiger partial charge < -0.3 is 4.74 Å². The van der Waals surface area contributed by atoms with Gasteiger partial charge in [0.25, 0.3) is 0 Å². The highest BCUT2D eigenvalue weighted by Gasteiger charge is 2.77. The summed E-state index contributed by atoms with van der Waals surface area (Å²) in [6, 6.07) is 0. The van der Waals surface area contributed by atoms with E-state index in [0.717, 1.165) is 0 Å². The molecule has 23 heteroatoms. The van der Waals surface area contributed by atoms with Crippen LogP contribution in [0.4, 0.5) is 75.0 Å². The Hall–Kier alpha value is -1.78. The SMILES string of the molecule is CCF.CF.FCF.FCF.FF.O=S(=O)(O)C(OC(F)(C(F)(F)F)C(F)(F)OCF)=C(F)F. The molecule has 0 fully saturated rings. The molecule has 0 spiro atoms. The van der Waals surface area contributed by atoms with Crippen molar-refractivity contribution in [3.05, 3.63) is 11.2 Å². The second-order valence-corrected chi connectivity index (χ2v) is 4.78. The molecule has 214 valence electrons. The van der Waals surface area contributed by atoms with Gasteiger partial charge >= 0.3 is 39.4 Å². The Morgan fingerprint density at radius 2 is 1.09 bits per heavy atom. The zero-order valence-corrected chi connectivity index (χ0v) is 17.1. The number of halogens is 17. The minimum absolute atomic E-state index is 0.250. The first kappa shape index (κ1) is 45.7. The quantitative estimate of drug-likeness (QED) is 0.210. The lowest BCUT2D eigenvalue weighted by molar-refractivity contribution is -0.453. The molecule has 0 aliphatic heterocycles. The first-order valence-electron chi connectivity index (χ1n) is 6.71. The van der Waals surface area contributed by atoms with Gasteiger partial charge in [-0.05, 0) is 6.92 Å². The molecule has 0 aromatic rings. The summed E-state index contributed by atoms with van der Waals surface area (Å²) < 4.78 is 219. The van der Waals surface area contributed by atoms with Gasteiger partial charge in [0.2, 0.25) is 13.9 Å². The minimum atomic E-state index is -6.85. The molecule has 0 aliphatic carbocycles. The van der Waals surface area contributed by atoms with Crippen molar-refractivity contribution in [2.45, 2.75) is 25.1 Å². The summed E-state index contributed by atoms with van der Waals surface area (Å²) in [5.74, 6) is -6.53. The van der Waals surface area contributed by atoms with Gasteiger partial charge in [0, 0.05) is 9.15 Å². The molecule has 1 N–H and O–H groups in total. The summed E-state index contributed by atoms with van der Waals surface area (Å²) in [6.07, 6.45) is -16.9. The van der Waals surface area contributed by atoms with Crippen molar-refractivity contribution in [1.82, 2.24) is 0 Å². The Morgan fingerprint density at radius 3 is 1.24 bits per heavy atom. The van der Waals surface area contributed by atoms with Gasteiger partial charge in [0.05, 0.1) is 13.9 Å². The third-order valence-electron chi connectivity index (χ3n) is 1.60. The largest absolute Gasteiger partial charge is 0.470 e. The molecule has 0 aliphatic rings. The smallest absolute Gasteiger partial charge is 0.426 e. The molecule has 0 saturated heterocycles. The van der Waals surface area contributed by atoms with E-state index in [1.807, 2.05) is 0 Å². The fraction of sp³-hybridized carbons (Fsp3) is 0.818. The highest BCUT2D eigenvalue weighted by Crippen LogP contribution is 2.48. The van der Waals surface area contributed by atoms with E-state index in [2.05, 4.69) is 9.47 Å². The summed E-state index contributed by atoms with van der Waals surface area (Å²) in [5, 5.41) is -3.44. The second-order valence-electron chi connectivity index (χ2n) is 3.46. The molecule has 0 amide bonds. The maximum absolute atomic E-state index is 13.3. The molecule has 0 aromatic carbocycles. The zero-order valence-electron chi connectivity index (χ0n) is 16.2. The van der Waals surface area contributed by atoms with E-state index in [1.165, 1.54) is 6.92 Å². The second kappa shape index (κ2) is 24.3. The molecule has 0 radical (unpaired) electrons. The van der Waals surface area contributed by atoms with Crippen LogP contribution in [-0.2, 0) is 19.6 Å². The fourth-order valence-electron chi connectivity index (χ4n) is 0.760. The minimum Gasteiger partial charge on any atom is -0.426 e. The maximum atomic E-state index is 13.3. The van der Waals surface area contributed by atoms with Gasteiger partial charge in [-0.15, -0.1) is 0 Å². The lowest BCUT2D eigenvalue weighted by atomic mass is 10.2. The van der Waals surface area contributed by atoms with E-state index < -0.39 is 60.1 Å². The normalized spacial score (nSPS) is 12.0. The van der Waals surface area contributed by atoms with Crippen molar-refractivity contribution in [3.8, 4) is 0 Å². The topological polar surface area (TPSA) is 72.8 Å². The average Bonchev–Trinajstić information content (AvgIpc) is 2.68. The van der Waals surface area contributed by atoms with E-state index in [-0.39, 0.29) is 6.67 Å². The summed E-state index contributed by atoms with van der Waals surface area (Å²) in [7, 11) is -5.85. The molecule has 0 bridgehead atoms. The van der Waals surface area contributed by atoms with E-state index >= 15 is 0 Å². The van der Waals surface area contributed by atoms with Gasteiger partial charge in [-0.1, -0.05) is 0 Å². The molecule has 1 atom stereocenters. The Bertz CT molecular complexity index is 562. The highest BCUT2D eigenvalue weighted by molar-refractivity contribution is 7.89. The first-order chi connectivity index (χ1) is 15.3. The van der Waals surface area contributed by atoms with Crippen molar-refractivity contribution < 1.29 is 97.4 Å². The summed E-state index contributed by atoms with van der Waals surface area (Å²) in [4.78, 5) is 0. The number of hydrogen-bond donors (Lipinski definition) is 1. The molecule has 0 saturated carbocycles. The molecule has 34 heavy (non-hydrogen) atoms. The van der Waals surface area contributed by atoms with Crippen LogP contribution in [0, 0.1) is 0 Å². The van der Waals surface area contributed by atoms with Gasteiger partial charge in [0.15, 0.2) is 6.86 Å². The molecule has 0 rings (SSSR count). The standard InChI is InChI=1S/C6H3F9O5S.C2H5F.2CH2F2.CH3F.F2/c7-1-19-6(14,15)4(10,5(11,12)13)20-3(2(8)9)21(16,17)18;1-2-3;2*2-1-3;2*1-2/h1H2,(H,16,17,18);2H2,1H3;2*1H2;1H3;. The van der Waals surface area contributed by atoms with Crippen LogP contribution in [-0.4, -0.2) is 65.7 Å². The molecular formula is C11H15F17O5S. The first-order valence-corrected chi connectivity index (χ1v) is 8.15. The van der Waals surface area contributed by atoms with Gasteiger partial charge in [-0.25, -0.2) is 22.0 Å². The van der Waals surface area contributed by atoms with Crippen molar-refractivity contribution in [1.29, 1.82) is 0 Å². The van der Waals surface area contributed by atoms with Crippen molar-refractivity contribution in [2.24, 2.45) is 0 Å². The maximum Gasteiger partial charge on any atom is 0.470 e. The average molecular weight is 582 g/mol. The van der Waals surface area contributed by atoms with Crippen LogP contribution >= 0.6 is 0 Å². The number of rotatable bonds is 6. The Kier molecular flexibility index (Phi) is 32.7.